The molecule has 0 radical (unpaired) electrons. The Hall–Kier alpha value is -1.26. The van der Waals surface area contributed by atoms with Crippen LogP contribution in [0.3, 0.4) is 0 Å². The monoisotopic (exact) mass is 252 g/mol. The summed E-state index contributed by atoms with van der Waals surface area (Å²) in [7, 11) is 2.11. The summed E-state index contributed by atoms with van der Waals surface area (Å²) >= 11 is 0. The summed E-state index contributed by atoms with van der Waals surface area (Å²) in [6.07, 6.45) is 1.19. The highest BCUT2D eigenvalue weighted by Crippen LogP contribution is 2.19. The molecule has 2 aromatic rings. The van der Waals surface area contributed by atoms with E-state index in [1.807, 2.05) is 18.2 Å². The van der Waals surface area contributed by atoms with Crippen LogP contribution in [0.1, 0.15) is 6.42 Å². The number of aromatic amines is 1. The lowest BCUT2D eigenvalue weighted by atomic mass is 10.2. The zero-order valence-corrected chi connectivity index (χ0v) is 10.6. The second-order valence-electron chi connectivity index (χ2n) is 4.34. The topological polar surface area (TPSA) is 44.0 Å². The van der Waals surface area contributed by atoms with Gasteiger partial charge in [-0.15, -0.1) is 12.4 Å². The number of benzene rings is 1. The number of para-hydroxylation sites is 2. The van der Waals surface area contributed by atoms with E-state index in [2.05, 4.69) is 33.3 Å². The van der Waals surface area contributed by atoms with Crippen molar-refractivity contribution in [3.05, 3.63) is 24.3 Å². The van der Waals surface area contributed by atoms with Crippen LogP contribution in [-0.4, -0.2) is 36.1 Å². The standard InChI is InChI=1S/C12H16N4.ClH/c1-16(9-6-7-13-8-9)12-14-10-4-2-3-5-11(10)15-12;/h2-5,9,13H,6-8H2,1H3,(H,14,15);1H. The third-order valence-electron chi connectivity index (χ3n) is 3.29. The normalized spacial score (nSPS) is 19.2. The molecule has 17 heavy (non-hydrogen) atoms. The van der Waals surface area contributed by atoms with E-state index in [0.29, 0.717) is 6.04 Å². The van der Waals surface area contributed by atoms with Gasteiger partial charge >= 0.3 is 0 Å². The van der Waals surface area contributed by atoms with Crippen molar-refractivity contribution < 1.29 is 0 Å². The Bertz CT molecular complexity index is 457. The molecule has 1 atom stereocenters. The third-order valence-corrected chi connectivity index (χ3v) is 3.29. The summed E-state index contributed by atoms with van der Waals surface area (Å²) in [5.74, 6) is 0.968. The molecule has 1 aliphatic heterocycles. The molecule has 1 aliphatic rings. The van der Waals surface area contributed by atoms with Gasteiger partial charge in [-0.1, -0.05) is 12.1 Å². The Morgan fingerprint density at radius 3 is 2.88 bits per heavy atom. The van der Waals surface area contributed by atoms with Gasteiger partial charge in [-0.2, -0.15) is 0 Å². The Balaban J connectivity index is 0.00000108. The van der Waals surface area contributed by atoms with Crippen molar-refractivity contribution in [1.29, 1.82) is 0 Å². The molecule has 1 fully saturated rings. The van der Waals surface area contributed by atoms with Gasteiger partial charge in [0.15, 0.2) is 0 Å². The minimum Gasteiger partial charge on any atom is -0.341 e. The van der Waals surface area contributed by atoms with Crippen LogP contribution in [0.15, 0.2) is 24.3 Å². The minimum absolute atomic E-state index is 0. The number of H-pyrrole nitrogens is 1. The molecule has 1 unspecified atom stereocenters. The van der Waals surface area contributed by atoms with Crippen molar-refractivity contribution >= 4 is 29.4 Å². The molecule has 0 aliphatic carbocycles. The number of nitrogens with one attached hydrogen (secondary N) is 2. The molecule has 0 saturated carbocycles. The van der Waals surface area contributed by atoms with Crippen LogP contribution < -0.4 is 10.2 Å². The second-order valence-corrected chi connectivity index (χ2v) is 4.34. The Kier molecular flexibility index (Phi) is 3.54. The van der Waals surface area contributed by atoms with Crippen molar-refractivity contribution in [3.8, 4) is 0 Å². The van der Waals surface area contributed by atoms with E-state index >= 15 is 0 Å². The van der Waals surface area contributed by atoms with Crippen molar-refractivity contribution in [2.75, 3.05) is 25.0 Å². The molecule has 1 aromatic carbocycles. The van der Waals surface area contributed by atoms with Crippen LogP contribution in [0.2, 0.25) is 0 Å². The number of hydrogen-bond acceptors (Lipinski definition) is 3. The zero-order valence-electron chi connectivity index (χ0n) is 9.81. The summed E-state index contributed by atoms with van der Waals surface area (Å²) in [6.45, 7) is 2.16. The van der Waals surface area contributed by atoms with Gasteiger partial charge in [-0.25, -0.2) is 4.98 Å². The fourth-order valence-corrected chi connectivity index (χ4v) is 2.25. The molecule has 3 rings (SSSR count). The van der Waals surface area contributed by atoms with E-state index in [4.69, 9.17) is 0 Å². The average molecular weight is 253 g/mol. The molecule has 2 heterocycles. The fraction of sp³-hybridized carbons (Fsp3) is 0.417. The lowest BCUT2D eigenvalue weighted by Gasteiger charge is -2.22. The maximum Gasteiger partial charge on any atom is 0.203 e. The summed E-state index contributed by atoms with van der Waals surface area (Å²) in [6, 6.07) is 8.70. The van der Waals surface area contributed by atoms with Gasteiger partial charge in [0.1, 0.15) is 0 Å². The lowest BCUT2D eigenvalue weighted by molar-refractivity contribution is 0.672. The van der Waals surface area contributed by atoms with E-state index in [0.717, 1.165) is 30.1 Å². The molecular formula is C12H17ClN4. The first-order valence-corrected chi connectivity index (χ1v) is 5.73. The lowest BCUT2D eigenvalue weighted by Crippen LogP contribution is -2.34. The van der Waals surface area contributed by atoms with E-state index < -0.39 is 0 Å². The van der Waals surface area contributed by atoms with Gasteiger partial charge in [-0.3, -0.25) is 0 Å². The number of anilines is 1. The summed E-state index contributed by atoms with van der Waals surface area (Å²) in [5.41, 5.74) is 2.14. The second kappa shape index (κ2) is 4.94. The summed E-state index contributed by atoms with van der Waals surface area (Å²) in [5, 5.41) is 3.37. The molecule has 0 bridgehead atoms. The first-order chi connectivity index (χ1) is 7.84. The SMILES string of the molecule is CN(c1nc2ccccc2[nH]1)C1CCNC1.Cl. The average Bonchev–Trinajstić information content (AvgIpc) is 2.97. The van der Waals surface area contributed by atoms with E-state index in [-0.39, 0.29) is 12.4 Å². The smallest absolute Gasteiger partial charge is 0.203 e. The number of hydrogen-bond donors (Lipinski definition) is 2. The van der Waals surface area contributed by atoms with E-state index in [9.17, 15) is 0 Å². The third kappa shape index (κ3) is 2.23. The molecule has 92 valence electrons. The van der Waals surface area contributed by atoms with Crippen molar-refractivity contribution in [2.24, 2.45) is 0 Å². The first kappa shape index (κ1) is 12.2. The quantitative estimate of drug-likeness (QED) is 0.857. The predicted molar refractivity (Wildman–Crippen MR) is 73.0 cm³/mol. The van der Waals surface area contributed by atoms with Gasteiger partial charge in [0.2, 0.25) is 5.95 Å². The predicted octanol–water partition coefficient (Wildman–Crippen LogP) is 1.78. The molecule has 0 amide bonds. The molecule has 1 saturated heterocycles. The van der Waals surface area contributed by atoms with Gasteiger partial charge in [0.05, 0.1) is 11.0 Å². The number of halogens is 1. The molecule has 4 nitrogen and oxygen atoms in total. The molecule has 0 spiro atoms. The Morgan fingerprint density at radius 1 is 1.35 bits per heavy atom. The van der Waals surface area contributed by atoms with E-state index in [1.165, 1.54) is 6.42 Å². The van der Waals surface area contributed by atoms with Crippen LogP contribution in [0.25, 0.3) is 11.0 Å². The maximum absolute atomic E-state index is 4.60. The largest absolute Gasteiger partial charge is 0.341 e. The van der Waals surface area contributed by atoms with Crippen LogP contribution in [0, 0.1) is 0 Å². The highest BCUT2D eigenvalue weighted by atomic mass is 35.5. The minimum atomic E-state index is 0. The van der Waals surface area contributed by atoms with Crippen molar-refractivity contribution in [1.82, 2.24) is 15.3 Å². The number of nitrogens with zero attached hydrogens (tertiary/aromatic N) is 2. The Labute approximate surface area is 107 Å². The summed E-state index contributed by atoms with van der Waals surface area (Å²) < 4.78 is 0. The highest BCUT2D eigenvalue weighted by Gasteiger charge is 2.21. The van der Waals surface area contributed by atoms with Gasteiger partial charge < -0.3 is 15.2 Å². The van der Waals surface area contributed by atoms with Crippen molar-refractivity contribution in [3.63, 3.8) is 0 Å². The molecule has 2 N–H and O–H groups in total. The number of imidazole rings is 1. The van der Waals surface area contributed by atoms with Crippen LogP contribution in [-0.2, 0) is 0 Å². The van der Waals surface area contributed by atoms with Crippen LogP contribution in [0.4, 0.5) is 5.95 Å². The van der Waals surface area contributed by atoms with Gasteiger partial charge in [0.25, 0.3) is 0 Å². The fourth-order valence-electron chi connectivity index (χ4n) is 2.25. The molecule has 5 heteroatoms. The van der Waals surface area contributed by atoms with Gasteiger partial charge in [-0.05, 0) is 25.1 Å². The van der Waals surface area contributed by atoms with Crippen LogP contribution in [0.5, 0.6) is 0 Å². The van der Waals surface area contributed by atoms with Gasteiger partial charge in [0, 0.05) is 19.6 Å². The van der Waals surface area contributed by atoms with Crippen molar-refractivity contribution in [2.45, 2.75) is 12.5 Å². The Morgan fingerprint density at radius 2 is 2.18 bits per heavy atom. The number of rotatable bonds is 2. The number of aromatic nitrogens is 2. The maximum atomic E-state index is 4.60. The molecular weight excluding hydrogens is 236 g/mol. The summed E-state index contributed by atoms with van der Waals surface area (Å²) in [4.78, 5) is 10.2. The first-order valence-electron chi connectivity index (χ1n) is 5.73. The van der Waals surface area contributed by atoms with Crippen LogP contribution >= 0.6 is 12.4 Å². The van der Waals surface area contributed by atoms with E-state index in [1.54, 1.807) is 0 Å². The highest BCUT2D eigenvalue weighted by molar-refractivity contribution is 5.85. The zero-order chi connectivity index (χ0) is 11.0. The number of likely N-dealkylation sites (N-methyl/N-ethyl adjacent to an activating group) is 1. The molecule has 1 aromatic heterocycles. The number of fused-ring (bicyclic) bond motifs is 1.